The molecule has 10 nitrogen and oxygen atoms in total. The van der Waals surface area contributed by atoms with Crippen molar-refractivity contribution in [3.63, 3.8) is 0 Å². The van der Waals surface area contributed by atoms with Gasteiger partial charge in [-0.05, 0) is 68.6 Å². The molecule has 0 radical (unpaired) electrons. The Kier molecular flexibility index (Phi) is 12.5. The zero-order valence-electron chi connectivity index (χ0n) is 26.1. The minimum Gasteiger partial charge on any atom is -0.435 e. The van der Waals surface area contributed by atoms with E-state index in [0.29, 0.717) is 35.9 Å². The molecular formula is C32H35ClF4N6O4S. The van der Waals surface area contributed by atoms with Crippen LogP contribution in [0.25, 0.3) is 11.3 Å². The van der Waals surface area contributed by atoms with Gasteiger partial charge in [-0.1, -0.05) is 12.1 Å². The highest BCUT2D eigenvalue weighted by Crippen LogP contribution is 2.36. The van der Waals surface area contributed by atoms with E-state index >= 15 is 13.2 Å². The zero-order chi connectivity index (χ0) is 33.6. The highest BCUT2D eigenvalue weighted by molar-refractivity contribution is 7.91. The molecule has 1 aliphatic rings. The quantitative estimate of drug-likeness (QED) is 0.118. The summed E-state index contributed by atoms with van der Waals surface area (Å²) in [6.07, 6.45) is 6.75. The van der Waals surface area contributed by atoms with Gasteiger partial charge in [-0.2, -0.15) is 4.39 Å². The molecule has 0 aliphatic heterocycles. The average Bonchev–Trinajstić information content (AvgIpc) is 3.06. The SMILES string of the molecule is COCCN(C)C1CCC(Nc2nccc(-c3cccnc3Oc3cc(F)c(NS(=O)(=O)Cc4ccc(F)cc4)c(F)c3F)n2)CC1.Cl. The van der Waals surface area contributed by atoms with Crippen LogP contribution in [0.5, 0.6) is 11.6 Å². The predicted molar refractivity (Wildman–Crippen MR) is 176 cm³/mol. The second-order valence-corrected chi connectivity index (χ2v) is 12.9. The Balaban J connectivity index is 0.00000520. The number of hydrogen-bond acceptors (Lipinski definition) is 9. The Morgan fingerprint density at radius 3 is 2.40 bits per heavy atom. The second kappa shape index (κ2) is 16.4. The summed E-state index contributed by atoms with van der Waals surface area (Å²) in [5.74, 6) is -6.88. The van der Waals surface area contributed by atoms with Crippen LogP contribution in [0.1, 0.15) is 31.2 Å². The van der Waals surface area contributed by atoms with Gasteiger partial charge in [0.25, 0.3) is 0 Å². The third kappa shape index (κ3) is 9.30. The summed E-state index contributed by atoms with van der Waals surface area (Å²) in [5.41, 5.74) is -0.406. The van der Waals surface area contributed by atoms with Crippen LogP contribution in [0.15, 0.2) is 60.9 Å². The van der Waals surface area contributed by atoms with Crippen LogP contribution in [0.3, 0.4) is 0 Å². The number of methoxy groups -OCH3 is 1. The van der Waals surface area contributed by atoms with E-state index < -0.39 is 50.5 Å². The molecule has 1 saturated carbocycles. The van der Waals surface area contributed by atoms with Gasteiger partial charge in [0.05, 0.1) is 23.6 Å². The zero-order valence-corrected chi connectivity index (χ0v) is 27.8. The molecule has 0 atom stereocenters. The summed E-state index contributed by atoms with van der Waals surface area (Å²) >= 11 is 0. The summed E-state index contributed by atoms with van der Waals surface area (Å²) in [6, 6.07) is 10.4. The van der Waals surface area contributed by atoms with Crippen molar-refractivity contribution < 1.29 is 35.5 Å². The fraction of sp³-hybridized carbons (Fsp3) is 0.344. The Morgan fingerprint density at radius 2 is 1.69 bits per heavy atom. The van der Waals surface area contributed by atoms with Crippen LogP contribution in [0.4, 0.5) is 29.2 Å². The average molecular weight is 711 g/mol. The van der Waals surface area contributed by atoms with E-state index in [0.717, 1.165) is 44.4 Å². The first-order valence-electron chi connectivity index (χ1n) is 14.9. The lowest BCUT2D eigenvalue weighted by molar-refractivity contribution is 0.121. The summed E-state index contributed by atoms with van der Waals surface area (Å²) in [6.45, 7) is 1.55. The van der Waals surface area contributed by atoms with Crippen LogP contribution < -0.4 is 14.8 Å². The number of nitrogens with zero attached hydrogens (tertiary/aromatic N) is 4. The van der Waals surface area contributed by atoms with Gasteiger partial charge in [0.2, 0.25) is 27.7 Å². The van der Waals surface area contributed by atoms with Crippen molar-refractivity contribution in [3.8, 4) is 22.9 Å². The van der Waals surface area contributed by atoms with Crippen molar-refractivity contribution in [2.45, 2.75) is 43.5 Å². The Morgan fingerprint density at radius 1 is 0.958 bits per heavy atom. The van der Waals surface area contributed by atoms with Gasteiger partial charge in [0, 0.05) is 44.2 Å². The van der Waals surface area contributed by atoms with E-state index in [1.165, 1.54) is 18.3 Å². The minimum atomic E-state index is -4.40. The first-order valence-corrected chi connectivity index (χ1v) is 16.5. The van der Waals surface area contributed by atoms with Crippen LogP contribution in [0, 0.1) is 23.3 Å². The molecule has 0 bridgehead atoms. The molecule has 2 aromatic carbocycles. The van der Waals surface area contributed by atoms with E-state index in [1.54, 1.807) is 36.2 Å². The maximum Gasteiger partial charge on any atom is 0.237 e. The molecular weight excluding hydrogens is 676 g/mol. The molecule has 0 spiro atoms. The molecule has 1 fully saturated rings. The van der Waals surface area contributed by atoms with E-state index in [9.17, 15) is 12.8 Å². The fourth-order valence-electron chi connectivity index (χ4n) is 5.34. The molecule has 2 aromatic heterocycles. The lowest BCUT2D eigenvalue weighted by atomic mass is 9.90. The first kappa shape index (κ1) is 36.8. The van der Waals surface area contributed by atoms with Crippen LogP contribution >= 0.6 is 12.4 Å². The summed E-state index contributed by atoms with van der Waals surface area (Å²) in [7, 11) is -0.615. The number of likely N-dealkylation sites (N-methyl/N-ethyl adjacent to an activating group) is 1. The maximum atomic E-state index is 15.2. The van der Waals surface area contributed by atoms with Crippen LogP contribution in [0.2, 0.25) is 0 Å². The van der Waals surface area contributed by atoms with E-state index in [2.05, 4.69) is 32.2 Å². The van der Waals surface area contributed by atoms with Gasteiger partial charge in [-0.3, -0.25) is 4.72 Å². The highest BCUT2D eigenvalue weighted by Gasteiger charge is 2.26. The number of sulfonamides is 1. The number of anilines is 2. The Labute approximate surface area is 282 Å². The number of nitrogens with one attached hydrogen (secondary N) is 2. The van der Waals surface area contributed by atoms with Crippen molar-refractivity contribution >= 4 is 34.1 Å². The van der Waals surface area contributed by atoms with Crippen molar-refractivity contribution in [2.75, 3.05) is 37.3 Å². The van der Waals surface area contributed by atoms with Gasteiger partial charge < -0.3 is 19.7 Å². The topological polar surface area (TPSA) is 119 Å². The highest BCUT2D eigenvalue weighted by atomic mass is 35.5. The third-order valence-electron chi connectivity index (χ3n) is 7.86. The molecule has 4 aromatic rings. The Bertz CT molecular complexity index is 1800. The van der Waals surface area contributed by atoms with E-state index in [4.69, 9.17) is 9.47 Å². The number of halogens is 5. The minimum absolute atomic E-state index is 0. The van der Waals surface area contributed by atoms with Crippen molar-refractivity contribution in [1.82, 2.24) is 19.9 Å². The first-order chi connectivity index (χ1) is 22.5. The molecule has 258 valence electrons. The van der Waals surface area contributed by atoms with Crippen LogP contribution in [-0.4, -0.2) is 67.7 Å². The maximum absolute atomic E-state index is 15.2. The van der Waals surface area contributed by atoms with Crippen LogP contribution in [-0.2, 0) is 20.5 Å². The van der Waals surface area contributed by atoms with E-state index in [-0.39, 0.29) is 29.9 Å². The van der Waals surface area contributed by atoms with Crippen molar-refractivity contribution in [1.29, 1.82) is 0 Å². The monoisotopic (exact) mass is 710 g/mol. The molecule has 5 rings (SSSR count). The molecule has 0 unspecified atom stereocenters. The number of ether oxygens (including phenoxy) is 2. The molecule has 1 aliphatic carbocycles. The number of rotatable bonds is 13. The number of aromatic nitrogens is 3. The number of pyridine rings is 1. The number of benzene rings is 2. The molecule has 48 heavy (non-hydrogen) atoms. The number of hydrogen-bond donors (Lipinski definition) is 2. The summed E-state index contributed by atoms with van der Waals surface area (Å²) in [5, 5.41) is 3.37. The van der Waals surface area contributed by atoms with E-state index in [1.807, 2.05) is 0 Å². The van der Waals surface area contributed by atoms with Gasteiger partial charge in [-0.15, -0.1) is 12.4 Å². The third-order valence-corrected chi connectivity index (χ3v) is 9.09. The van der Waals surface area contributed by atoms with Gasteiger partial charge in [0.1, 0.15) is 11.5 Å². The second-order valence-electron chi connectivity index (χ2n) is 11.2. The molecule has 0 amide bonds. The normalized spacial score (nSPS) is 16.3. The standard InChI is InChI=1S/C32H34F4N6O4S.ClH/c1-42(16-17-45-2)23-11-9-22(10-12-23)39-32-38-15-13-26(40-32)24-4-3-14-37-31(24)46-27-18-25(34)30(29(36)28(27)35)41-47(43,44)19-20-5-7-21(33)8-6-20;/h3-8,13-15,18,22-23,41H,9-12,16-17,19H2,1-2H3,(H,38,39,40);1H. The molecule has 16 heteroatoms. The van der Waals surface area contributed by atoms with Crippen molar-refractivity contribution in [3.05, 3.63) is 89.8 Å². The fourth-order valence-corrected chi connectivity index (χ4v) is 6.55. The van der Waals surface area contributed by atoms with Gasteiger partial charge in [0.15, 0.2) is 17.4 Å². The largest absolute Gasteiger partial charge is 0.435 e. The molecule has 2 N–H and O–H groups in total. The summed E-state index contributed by atoms with van der Waals surface area (Å²) in [4.78, 5) is 15.3. The Hall–Kier alpha value is -4.05. The molecule has 0 saturated heterocycles. The van der Waals surface area contributed by atoms with Crippen molar-refractivity contribution in [2.24, 2.45) is 0 Å². The lowest BCUT2D eigenvalue weighted by Crippen LogP contribution is -2.39. The summed E-state index contributed by atoms with van der Waals surface area (Å²) < 4.78 is 95.9. The smallest absolute Gasteiger partial charge is 0.237 e. The molecule has 2 heterocycles. The van der Waals surface area contributed by atoms with Gasteiger partial charge in [-0.25, -0.2) is 36.5 Å². The predicted octanol–water partition coefficient (Wildman–Crippen LogP) is 6.55. The lowest BCUT2D eigenvalue weighted by Gasteiger charge is -2.34. The van der Waals surface area contributed by atoms with Gasteiger partial charge >= 0.3 is 0 Å².